The highest BCUT2D eigenvalue weighted by Gasteiger charge is 2.44. The number of hydrogen-bond donors (Lipinski definition) is 12. The molecule has 1 aliphatic rings. The molecule has 0 spiro atoms. The smallest absolute Gasteiger partial charge is 0.490 e. The number of hydrogen-bond acceptors (Lipinski definition) is 12. The lowest BCUT2D eigenvalue weighted by atomic mass is 10.0. The third kappa shape index (κ3) is 15.2. The Morgan fingerprint density at radius 2 is 1.55 bits per heavy atom. The maximum absolute atomic E-state index is 13.9. The number of aliphatic hydroxyl groups excluding tert-OH is 2. The quantitative estimate of drug-likeness (QED) is 0.0541. The molecule has 0 radical (unpaired) electrons. The Balaban J connectivity index is 0.00000122. The number of carboxylic acid groups (broad SMARTS) is 1. The zero-order valence-corrected chi connectivity index (χ0v) is 35.0. The predicted octanol–water partition coefficient (Wildman–Crippen LogP) is -0.246. The van der Waals surface area contributed by atoms with Gasteiger partial charge in [-0.1, -0.05) is 56.5 Å². The molecule has 0 bridgehead atoms. The number of para-hydroxylation sites is 1. The minimum Gasteiger partial charge on any atom is -0.508 e. The number of halogens is 3. The summed E-state index contributed by atoms with van der Waals surface area (Å²) in [6.07, 6.45) is -4.30. The number of phenolic OH excluding ortho intramolecular Hbond substituents is 1. The van der Waals surface area contributed by atoms with Gasteiger partial charge in [-0.25, -0.2) is 14.4 Å². The first-order chi connectivity index (χ1) is 30.8. The van der Waals surface area contributed by atoms with Crippen molar-refractivity contribution >= 4 is 40.6 Å². The third-order valence-corrected chi connectivity index (χ3v) is 10.1. The van der Waals surface area contributed by atoms with E-state index in [4.69, 9.17) is 20.4 Å². The van der Waals surface area contributed by atoms with Crippen LogP contribution >= 0.6 is 0 Å². The van der Waals surface area contributed by atoms with Crippen molar-refractivity contribution in [2.75, 3.05) is 19.6 Å². The molecule has 2 aromatic heterocycles. The van der Waals surface area contributed by atoms with Gasteiger partial charge in [0.15, 0.2) is 6.23 Å². The molecule has 65 heavy (non-hydrogen) atoms. The molecule has 0 unspecified atom stereocenters. The van der Waals surface area contributed by atoms with Gasteiger partial charge in [0.1, 0.15) is 36.1 Å². The number of amides is 5. The molecule has 3 heterocycles. The summed E-state index contributed by atoms with van der Waals surface area (Å²) in [6, 6.07) is 10.2. The number of benzene rings is 2. The summed E-state index contributed by atoms with van der Waals surface area (Å²) >= 11 is 0. The Morgan fingerprint density at radius 3 is 2.22 bits per heavy atom. The number of nitrogens with zero attached hydrogens (tertiary/aromatic N) is 1. The maximum atomic E-state index is 13.9. The van der Waals surface area contributed by atoms with Crippen LogP contribution in [0.15, 0.2) is 76.6 Å². The van der Waals surface area contributed by atoms with Gasteiger partial charge in [0, 0.05) is 55.4 Å². The molecule has 4 aromatic rings. The van der Waals surface area contributed by atoms with Crippen molar-refractivity contribution in [1.82, 2.24) is 41.1 Å². The number of fused-ring (bicyclic) bond motifs is 1. The van der Waals surface area contributed by atoms with Crippen molar-refractivity contribution in [3.63, 3.8) is 0 Å². The van der Waals surface area contributed by atoms with Crippen molar-refractivity contribution in [2.45, 2.75) is 94.3 Å². The molecule has 1 aliphatic heterocycles. The monoisotopic (exact) mass is 919 g/mol. The SMILES string of the molecule is CCCCCCNC(=O)N[C@@H](Cc1ccc(O)cc1)C(=O)N[C@@H](CNC(=O)[C@@H](N)Cc1c[nH]c2ccccc12)C(=O)NC[C@H]1O[C@@H](n2ccc(=O)[nH]c2=O)[C@H](O)[C@@H]1O.O=C(O)C(F)(F)F. The topological polar surface area (TPSA) is 332 Å². The molecular formula is C41H52F3N9O12. The Bertz CT molecular complexity index is 2360. The highest BCUT2D eigenvalue weighted by Crippen LogP contribution is 2.28. The number of H-pyrrole nitrogens is 2. The second-order valence-electron chi connectivity index (χ2n) is 15.0. The van der Waals surface area contributed by atoms with E-state index in [0.717, 1.165) is 59.0 Å². The first-order valence-electron chi connectivity index (χ1n) is 20.4. The number of aliphatic hydroxyl groups is 2. The van der Waals surface area contributed by atoms with Crippen molar-refractivity contribution < 1.29 is 62.3 Å². The van der Waals surface area contributed by atoms with Gasteiger partial charge in [-0.05, 0) is 42.2 Å². The summed E-state index contributed by atoms with van der Waals surface area (Å²) < 4.78 is 38.3. The van der Waals surface area contributed by atoms with Gasteiger partial charge in [-0.2, -0.15) is 13.2 Å². The van der Waals surface area contributed by atoms with Crippen molar-refractivity contribution in [3.05, 3.63) is 99.0 Å². The number of unbranched alkanes of at least 4 members (excludes halogenated alkanes) is 3. The van der Waals surface area contributed by atoms with E-state index in [1.165, 1.54) is 12.1 Å². The second-order valence-corrected chi connectivity index (χ2v) is 15.0. The van der Waals surface area contributed by atoms with E-state index in [0.29, 0.717) is 12.1 Å². The fourth-order valence-electron chi connectivity index (χ4n) is 6.57. The van der Waals surface area contributed by atoms with E-state index < -0.39 is 103 Å². The number of carboxylic acids is 1. The Kier molecular flexibility index (Phi) is 18.6. The van der Waals surface area contributed by atoms with E-state index in [1.54, 1.807) is 18.3 Å². The second kappa shape index (κ2) is 23.8. The highest BCUT2D eigenvalue weighted by atomic mass is 19.4. The van der Waals surface area contributed by atoms with Crippen LogP contribution in [0.4, 0.5) is 18.0 Å². The number of alkyl halides is 3. The predicted molar refractivity (Wildman–Crippen MR) is 225 cm³/mol. The van der Waals surface area contributed by atoms with Crippen LogP contribution < -0.4 is 43.6 Å². The Morgan fingerprint density at radius 1 is 0.862 bits per heavy atom. The van der Waals surface area contributed by atoms with Crippen LogP contribution in [0.1, 0.15) is 50.0 Å². The lowest BCUT2D eigenvalue weighted by Gasteiger charge is -2.25. The molecular weight excluding hydrogens is 867 g/mol. The van der Waals surface area contributed by atoms with E-state index in [9.17, 15) is 57.3 Å². The number of aliphatic carboxylic acids is 1. The molecule has 1 saturated heterocycles. The number of carbonyl (C=O) groups excluding carboxylic acids is 4. The molecule has 5 rings (SSSR count). The fraction of sp³-hybridized carbons (Fsp3) is 0.439. The van der Waals surface area contributed by atoms with Crippen LogP contribution in [0, 0.1) is 0 Å². The maximum Gasteiger partial charge on any atom is 0.490 e. The minimum absolute atomic E-state index is 0.00104. The van der Waals surface area contributed by atoms with Gasteiger partial charge in [0.2, 0.25) is 17.7 Å². The molecule has 5 amide bonds. The summed E-state index contributed by atoms with van der Waals surface area (Å²) in [7, 11) is 0. The van der Waals surface area contributed by atoms with Crippen LogP contribution in [0.25, 0.3) is 10.9 Å². The summed E-state index contributed by atoms with van der Waals surface area (Å²) in [4.78, 5) is 91.9. The summed E-state index contributed by atoms with van der Waals surface area (Å²) in [5.74, 6) is -4.99. The van der Waals surface area contributed by atoms with Gasteiger partial charge in [-0.15, -0.1) is 0 Å². The van der Waals surface area contributed by atoms with Crippen molar-refractivity contribution in [2.24, 2.45) is 5.73 Å². The zero-order chi connectivity index (χ0) is 47.8. The number of ether oxygens (including phenoxy) is 1. The van der Waals surface area contributed by atoms with E-state index in [1.807, 2.05) is 29.2 Å². The average Bonchev–Trinajstić information content (AvgIpc) is 3.79. The first-order valence-corrected chi connectivity index (χ1v) is 20.4. The van der Waals surface area contributed by atoms with E-state index >= 15 is 0 Å². The number of nitrogens with one attached hydrogen (secondary N) is 7. The Labute approximate surface area is 367 Å². The van der Waals surface area contributed by atoms with Gasteiger partial charge in [0.05, 0.1) is 6.04 Å². The van der Waals surface area contributed by atoms with Crippen LogP contribution in [0.2, 0.25) is 0 Å². The van der Waals surface area contributed by atoms with Crippen LogP contribution in [0.5, 0.6) is 5.75 Å². The molecule has 24 heteroatoms. The van der Waals surface area contributed by atoms with Crippen molar-refractivity contribution in [3.8, 4) is 5.75 Å². The summed E-state index contributed by atoms with van der Waals surface area (Å²) in [5, 5.41) is 52.4. The van der Waals surface area contributed by atoms with Gasteiger partial charge in [-0.3, -0.25) is 28.7 Å². The number of nitrogens with two attached hydrogens (primary N) is 1. The standard InChI is InChI=1S/C39H51N9O10.C2HF3O2/c1-2-3-4-7-15-41-38(56)46-28(17-22-10-12-24(49)13-11-22)36(55)45-29(20-43-34(53)26(40)18-23-19-42-27-9-6-5-8-25(23)27)35(54)44-21-30-32(51)33(52)37(58-30)48-16-14-31(50)47-39(48)57;3-2(4,5)1(6)7/h5-6,8-14,16,19,26,28-30,32-33,37,42,49,51-52H,2-4,7,15,17-18,20-21,40H2,1H3,(H,43,53)(H,44,54)(H,45,55)(H2,41,46,56)(H,47,50,57);(H,6,7)/t26-,28-,29-,30+,32+,33+,37+;/m0./s1. The molecule has 0 aliphatic carbocycles. The molecule has 13 N–H and O–H groups in total. The summed E-state index contributed by atoms with van der Waals surface area (Å²) in [5.41, 5.74) is 6.96. The summed E-state index contributed by atoms with van der Waals surface area (Å²) in [6.45, 7) is 1.58. The number of aromatic hydroxyl groups is 1. The molecule has 354 valence electrons. The minimum atomic E-state index is -5.08. The number of aromatic amines is 2. The molecule has 1 fully saturated rings. The van der Waals surface area contributed by atoms with Gasteiger partial charge >= 0.3 is 23.9 Å². The first kappa shape index (κ1) is 50.9. The van der Waals surface area contributed by atoms with Gasteiger partial charge in [0.25, 0.3) is 5.56 Å². The lowest BCUT2D eigenvalue weighted by Crippen LogP contribution is -2.59. The third-order valence-electron chi connectivity index (χ3n) is 10.1. The molecule has 21 nitrogen and oxygen atoms in total. The van der Waals surface area contributed by atoms with Crippen LogP contribution in [-0.2, 0) is 36.8 Å². The van der Waals surface area contributed by atoms with Crippen molar-refractivity contribution in [1.29, 1.82) is 0 Å². The fourth-order valence-corrected chi connectivity index (χ4v) is 6.57. The Hall–Kier alpha value is -6.76. The number of aromatic nitrogens is 3. The molecule has 7 atom stereocenters. The average molecular weight is 920 g/mol. The van der Waals surface area contributed by atoms with E-state index in [-0.39, 0.29) is 18.6 Å². The van der Waals surface area contributed by atoms with Crippen LogP contribution in [0.3, 0.4) is 0 Å². The van der Waals surface area contributed by atoms with E-state index in [2.05, 4.69) is 38.5 Å². The molecule has 2 aromatic carbocycles. The van der Waals surface area contributed by atoms with Gasteiger partial charge < -0.3 is 62.5 Å². The number of rotatable bonds is 19. The normalized spacial score (nSPS) is 18.3. The largest absolute Gasteiger partial charge is 0.508 e. The lowest BCUT2D eigenvalue weighted by molar-refractivity contribution is -0.192. The number of carbonyl (C=O) groups is 5. The van der Waals surface area contributed by atoms with Crippen LogP contribution in [-0.4, -0.2) is 127 Å². The number of urea groups is 1. The number of phenols is 1. The highest BCUT2D eigenvalue weighted by molar-refractivity contribution is 5.93. The zero-order valence-electron chi connectivity index (χ0n) is 35.0. The molecule has 0 saturated carbocycles.